The Morgan fingerprint density at radius 1 is 0.917 bits per heavy atom. The van der Waals surface area contributed by atoms with Crippen LogP contribution in [0.1, 0.15) is 5.56 Å². The zero-order valence-corrected chi connectivity index (χ0v) is 13.4. The number of fused-ring (bicyclic) bond motifs is 4. The van der Waals surface area contributed by atoms with Crippen molar-refractivity contribution in [2.45, 2.75) is 5.62 Å². The fourth-order valence-corrected chi connectivity index (χ4v) is 3.43. The summed E-state index contributed by atoms with van der Waals surface area (Å²) >= 11 is 6.32. The van der Waals surface area contributed by atoms with Gasteiger partial charge in [-0.1, -0.05) is 60.1 Å². The molecule has 0 saturated heterocycles. The fourth-order valence-electron chi connectivity index (χ4n) is 3.22. The van der Waals surface area contributed by atoms with Crippen LogP contribution in [0.3, 0.4) is 0 Å². The van der Waals surface area contributed by atoms with Gasteiger partial charge in [0, 0.05) is 10.9 Å². The molecule has 1 aliphatic rings. The molecule has 1 unspecified atom stereocenters. The Labute approximate surface area is 142 Å². The van der Waals surface area contributed by atoms with E-state index in [-0.39, 0.29) is 0 Å². The van der Waals surface area contributed by atoms with Crippen molar-refractivity contribution < 1.29 is 4.42 Å². The minimum Gasteiger partial charge on any atom is -0.452 e. The number of furan rings is 1. The third-order valence-corrected chi connectivity index (χ3v) is 4.55. The molecule has 2 heterocycles. The van der Waals surface area contributed by atoms with Gasteiger partial charge in [-0.2, -0.15) is 0 Å². The second kappa shape index (κ2) is 5.11. The summed E-state index contributed by atoms with van der Waals surface area (Å²) in [4.78, 5) is 4.51. The van der Waals surface area contributed by atoms with Gasteiger partial charge in [0.25, 0.3) is 0 Å². The number of nitrogens with zero attached hydrogens (tertiary/aromatic N) is 1. The van der Waals surface area contributed by atoms with E-state index in [1.165, 1.54) is 10.8 Å². The number of para-hydroxylation sites is 1. The molecule has 116 valence electrons. The molecule has 0 saturated carbocycles. The standard InChI is InChI=1S/C20H13ClN2O/c21-20-22-17(14-10-9-12-5-1-2-6-13(12)11-14)19-18(23-20)15-7-3-4-8-16(15)24-19/h1-11,20,22H. The maximum absolute atomic E-state index is 6.32. The van der Waals surface area contributed by atoms with Gasteiger partial charge in [-0.3, -0.25) is 0 Å². The zero-order chi connectivity index (χ0) is 16.1. The van der Waals surface area contributed by atoms with Gasteiger partial charge in [0.05, 0.1) is 5.70 Å². The Morgan fingerprint density at radius 3 is 2.62 bits per heavy atom. The van der Waals surface area contributed by atoms with Gasteiger partial charge in [-0.25, -0.2) is 4.99 Å². The van der Waals surface area contributed by atoms with Crippen molar-refractivity contribution in [3.05, 3.63) is 83.1 Å². The molecule has 0 radical (unpaired) electrons. The van der Waals surface area contributed by atoms with E-state index in [4.69, 9.17) is 16.0 Å². The second-order valence-corrected chi connectivity index (χ2v) is 6.24. The monoisotopic (exact) mass is 332 g/mol. The number of nitrogens with one attached hydrogen (secondary N) is 1. The Balaban J connectivity index is 1.87. The van der Waals surface area contributed by atoms with Crippen molar-refractivity contribution in [2.24, 2.45) is 4.99 Å². The van der Waals surface area contributed by atoms with E-state index in [0.717, 1.165) is 33.0 Å². The molecule has 4 heteroatoms. The molecule has 3 nitrogen and oxygen atoms in total. The maximum Gasteiger partial charge on any atom is 0.196 e. The van der Waals surface area contributed by atoms with Crippen LogP contribution in [0, 0.1) is 0 Å². The van der Waals surface area contributed by atoms with Crippen molar-refractivity contribution in [3.63, 3.8) is 0 Å². The van der Waals surface area contributed by atoms with Crippen LogP contribution < -0.4 is 16.1 Å². The highest BCUT2D eigenvalue weighted by atomic mass is 35.5. The summed E-state index contributed by atoms with van der Waals surface area (Å²) in [6, 6.07) is 22.5. The van der Waals surface area contributed by atoms with Crippen LogP contribution in [-0.4, -0.2) is 5.62 Å². The van der Waals surface area contributed by atoms with Crippen molar-refractivity contribution >= 4 is 39.0 Å². The zero-order valence-electron chi connectivity index (χ0n) is 12.7. The molecule has 4 aromatic rings. The van der Waals surface area contributed by atoms with E-state index in [2.05, 4.69) is 40.6 Å². The smallest absolute Gasteiger partial charge is 0.196 e. The Morgan fingerprint density at radius 2 is 1.71 bits per heavy atom. The normalized spacial score (nSPS) is 16.7. The first-order valence-corrected chi connectivity index (χ1v) is 8.23. The summed E-state index contributed by atoms with van der Waals surface area (Å²) in [5.41, 5.74) is 2.96. The van der Waals surface area contributed by atoms with Crippen LogP contribution in [-0.2, 0) is 0 Å². The number of halogens is 1. The van der Waals surface area contributed by atoms with Crippen LogP contribution >= 0.6 is 11.6 Å². The van der Waals surface area contributed by atoms with Crippen LogP contribution in [0.2, 0.25) is 0 Å². The van der Waals surface area contributed by atoms with E-state index in [9.17, 15) is 0 Å². The van der Waals surface area contributed by atoms with Gasteiger partial charge in [0.15, 0.2) is 11.0 Å². The predicted octanol–water partition coefficient (Wildman–Crippen LogP) is 3.49. The highest BCUT2D eigenvalue weighted by Gasteiger charge is 2.18. The minimum absolute atomic E-state index is 0.514. The van der Waals surface area contributed by atoms with Gasteiger partial charge < -0.3 is 9.73 Å². The van der Waals surface area contributed by atoms with Gasteiger partial charge in [-0.15, -0.1) is 0 Å². The van der Waals surface area contributed by atoms with Gasteiger partial charge in [-0.05, 0) is 29.0 Å². The molecule has 0 spiro atoms. The third-order valence-electron chi connectivity index (χ3n) is 4.34. The molecule has 5 rings (SSSR count). The molecule has 0 aliphatic carbocycles. The van der Waals surface area contributed by atoms with E-state index in [0.29, 0.717) is 0 Å². The summed E-state index contributed by atoms with van der Waals surface area (Å²) in [6.45, 7) is 0. The quantitative estimate of drug-likeness (QED) is 0.428. The SMILES string of the molecule is ClC1N=c2c(oc3ccccc23)=C(c2ccc3ccccc3c2)N1. The number of alkyl halides is 1. The summed E-state index contributed by atoms with van der Waals surface area (Å²) in [7, 11) is 0. The first-order chi connectivity index (χ1) is 11.8. The average molecular weight is 333 g/mol. The average Bonchev–Trinajstić information content (AvgIpc) is 2.99. The number of hydrogen-bond donors (Lipinski definition) is 1. The lowest BCUT2D eigenvalue weighted by Gasteiger charge is -2.16. The van der Waals surface area contributed by atoms with Crippen molar-refractivity contribution in [2.75, 3.05) is 0 Å². The van der Waals surface area contributed by atoms with Crippen LogP contribution in [0.5, 0.6) is 0 Å². The van der Waals surface area contributed by atoms with Crippen LogP contribution in [0.4, 0.5) is 0 Å². The Kier molecular flexibility index (Phi) is 2.91. The van der Waals surface area contributed by atoms with Gasteiger partial charge in [0.1, 0.15) is 10.9 Å². The predicted molar refractivity (Wildman–Crippen MR) is 96.2 cm³/mol. The molecule has 0 fully saturated rings. The molecule has 0 amide bonds. The highest BCUT2D eigenvalue weighted by molar-refractivity contribution is 6.20. The number of benzene rings is 3. The van der Waals surface area contributed by atoms with Gasteiger partial charge >= 0.3 is 0 Å². The number of rotatable bonds is 1. The first-order valence-electron chi connectivity index (χ1n) is 7.79. The van der Waals surface area contributed by atoms with Crippen molar-refractivity contribution in [3.8, 4) is 0 Å². The molecule has 1 atom stereocenters. The molecule has 1 aliphatic heterocycles. The summed E-state index contributed by atoms with van der Waals surface area (Å²) in [5, 5.41) is 7.41. The van der Waals surface area contributed by atoms with E-state index in [1.807, 2.05) is 36.4 Å². The molecule has 0 bridgehead atoms. The fraction of sp³-hybridized carbons (Fsp3) is 0.0500. The molecule has 1 N–H and O–H groups in total. The molecule has 1 aromatic heterocycles. The largest absolute Gasteiger partial charge is 0.452 e. The topological polar surface area (TPSA) is 37.5 Å². The van der Waals surface area contributed by atoms with Crippen LogP contribution in [0.15, 0.2) is 76.1 Å². The molecular formula is C20H13ClN2O. The Bertz CT molecular complexity index is 1210. The third kappa shape index (κ3) is 2.02. The second-order valence-electron chi connectivity index (χ2n) is 5.82. The lowest BCUT2D eigenvalue weighted by Crippen LogP contribution is -2.39. The summed E-state index contributed by atoms with van der Waals surface area (Å²) in [6.07, 6.45) is 0. The lowest BCUT2D eigenvalue weighted by atomic mass is 10.0. The molecule has 24 heavy (non-hydrogen) atoms. The van der Waals surface area contributed by atoms with Crippen molar-refractivity contribution in [1.82, 2.24) is 5.32 Å². The van der Waals surface area contributed by atoms with E-state index < -0.39 is 5.62 Å². The van der Waals surface area contributed by atoms with Crippen molar-refractivity contribution in [1.29, 1.82) is 0 Å². The maximum atomic E-state index is 6.32. The van der Waals surface area contributed by atoms with Crippen LogP contribution in [0.25, 0.3) is 27.4 Å². The first kappa shape index (κ1) is 13.6. The highest BCUT2D eigenvalue weighted by Crippen LogP contribution is 2.21. The number of hydrogen-bond acceptors (Lipinski definition) is 3. The molecular weight excluding hydrogens is 320 g/mol. The minimum atomic E-state index is -0.514. The summed E-state index contributed by atoms with van der Waals surface area (Å²) in [5.74, 6) is 0. The lowest BCUT2D eigenvalue weighted by molar-refractivity contribution is 0.553. The molecule has 3 aromatic carbocycles. The van der Waals surface area contributed by atoms with Gasteiger partial charge in [0.2, 0.25) is 0 Å². The van der Waals surface area contributed by atoms with E-state index >= 15 is 0 Å². The Hall–Kier alpha value is -2.78. The van der Waals surface area contributed by atoms with E-state index in [1.54, 1.807) is 0 Å². The summed E-state index contributed by atoms with van der Waals surface area (Å²) < 4.78 is 6.07.